The van der Waals surface area contributed by atoms with Gasteiger partial charge >= 0.3 is 6.09 Å². The normalized spacial score (nSPS) is 15.3. The molecule has 0 unspecified atom stereocenters. The Hall–Kier alpha value is -1.71. The van der Waals surface area contributed by atoms with Crippen LogP contribution in [0.2, 0.25) is 0 Å². The minimum Gasteiger partial charge on any atom is -0.410 e. The number of hydrogen-bond acceptors (Lipinski definition) is 3. The molecule has 0 saturated heterocycles. The van der Waals surface area contributed by atoms with Gasteiger partial charge in [0.05, 0.1) is 0 Å². The zero-order valence-corrected chi connectivity index (χ0v) is 11.9. The van der Waals surface area contributed by atoms with Gasteiger partial charge in [0.25, 0.3) is 0 Å². The van der Waals surface area contributed by atoms with Gasteiger partial charge < -0.3 is 15.0 Å². The lowest BCUT2D eigenvalue weighted by Crippen LogP contribution is -2.22. The van der Waals surface area contributed by atoms with Crippen LogP contribution in [0.1, 0.15) is 37.2 Å². The number of nitrogens with one attached hydrogen (secondary N) is 1. The van der Waals surface area contributed by atoms with Crippen LogP contribution in [0.25, 0.3) is 0 Å². The monoisotopic (exact) mass is 262 g/mol. The predicted molar refractivity (Wildman–Crippen MR) is 77.1 cm³/mol. The largest absolute Gasteiger partial charge is 0.412 e. The zero-order valence-electron chi connectivity index (χ0n) is 11.9. The fourth-order valence-corrected chi connectivity index (χ4v) is 2.73. The Bertz CT molecular complexity index is 451. The average molecular weight is 262 g/mol. The van der Waals surface area contributed by atoms with Crippen molar-refractivity contribution in [3.8, 4) is 5.75 Å². The molecule has 4 heteroatoms. The number of benzene rings is 1. The first-order valence-corrected chi connectivity index (χ1v) is 6.82. The van der Waals surface area contributed by atoms with Gasteiger partial charge in [0.1, 0.15) is 5.75 Å². The number of anilines is 1. The second-order valence-corrected chi connectivity index (χ2v) is 5.24. The summed E-state index contributed by atoms with van der Waals surface area (Å²) in [5, 5.41) is 2.47. The Morgan fingerprint density at radius 3 is 2.58 bits per heavy atom. The quantitative estimate of drug-likeness (QED) is 0.910. The number of hydrogen-bond donors (Lipinski definition) is 1. The van der Waals surface area contributed by atoms with Crippen LogP contribution < -0.4 is 15.0 Å². The first-order chi connectivity index (χ1) is 9.11. The molecule has 1 saturated carbocycles. The number of ether oxygens (including phenoxy) is 1. The summed E-state index contributed by atoms with van der Waals surface area (Å²) in [7, 11) is 5.66. The van der Waals surface area contributed by atoms with Crippen molar-refractivity contribution in [2.45, 2.75) is 31.6 Å². The fourth-order valence-electron chi connectivity index (χ4n) is 2.73. The first-order valence-electron chi connectivity index (χ1n) is 6.82. The number of carbonyl (C=O) groups excluding carboxylic acids is 1. The number of amides is 1. The van der Waals surface area contributed by atoms with Gasteiger partial charge in [-0.25, -0.2) is 4.79 Å². The molecule has 4 nitrogen and oxygen atoms in total. The van der Waals surface area contributed by atoms with E-state index in [2.05, 4.69) is 10.2 Å². The second-order valence-electron chi connectivity index (χ2n) is 5.24. The molecule has 19 heavy (non-hydrogen) atoms. The minimum atomic E-state index is -0.421. The van der Waals surface area contributed by atoms with Gasteiger partial charge in [0, 0.05) is 26.8 Å². The second kappa shape index (κ2) is 5.95. The molecule has 1 aromatic carbocycles. The molecular weight excluding hydrogens is 240 g/mol. The lowest BCUT2D eigenvalue weighted by Gasteiger charge is -2.22. The highest BCUT2D eigenvalue weighted by molar-refractivity contribution is 5.70. The van der Waals surface area contributed by atoms with E-state index in [9.17, 15) is 4.79 Å². The molecule has 1 fully saturated rings. The summed E-state index contributed by atoms with van der Waals surface area (Å²) < 4.78 is 5.23. The minimum absolute atomic E-state index is 0.421. The average Bonchev–Trinajstić information content (AvgIpc) is 2.92. The van der Waals surface area contributed by atoms with Crippen LogP contribution in [-0.2, 0) is 0 Å². The van der Waals surface area contributed by atoms with Gasteiger partial charge in [-0.2, -0.15) is 0 Å². The lowest BCUT2D eigenvalue weighted by atomic mass is 9.95. The van der Waals surface area contributed by atoms with E-state index in [-0.39, 0.29) is 0 Å². The summed E-state index contributed by atoms with van der Waals surface area (Å²) in [6.07, 6.45) is 4.61. The van der Waals surface area contributed by atoms with E-state index in [0.717, 1.165) is 0 Å². The van der Waals surface area contributed by atoms with Crippen molar-refractivity contribution in [2.24, 2.45) is 0 Å². The molecule has 0 spiro atoms. The maximum atomic E-state index is 11.3. The summed E-state index contributed by atoms with van der Waals surface area (Å²) >= 11 is 0. The van der Waals surface area contributed by atoms with Crippen molar-refractivity contribution in [3.05, 3.63) is 23.8 Å². The van der Waals surface area contributed by atoms with Crippen LogP contribution in [0.3, 0.4) is 0 Å². The summed E-state index contributed by atoms with van der Waals surface area (Å²) in [4.78, 5) is 13.4. The van der Waals surface area contributed by atoms with Gasteiger partial charge in [0.2, 0.25) is 0 Å². The molecule has 1 amide bonds. The molecular formula is C15H22N2O2. The first kappa shape index (κ1) is 13.7. The molecule has 2 rings (SSSR count). The molecule has 1 N–H and O–H groups in total. The lowest BCUT2D eigenvalue weighted by molar-refractivity contribution is 0.203. The van der Waals surface area contributed by atoms with Crippen molar-refractivity contribution in [2.75, 3.05) is 26.0 Å². The molecule has 1 aliphatic rings. The summed E-state index contributed by atoms with van der Waals surface area (Å²) in [6, 6.07) is 5.90. The van der Waals surface area contributed by atoms with Crippen LogP contribution >= 0.6 is 0 Å². The molecule has 0 atom stereocenters. The van der Waals surface area contributed by atoms with Crippen molar-refractivity contribution in [1.29, 1.82) is 0 Å². The molecule has 1 aliphatic carbocycles. The van der Waals surface area contributed by atoms with Gasteiger partial charge in [-0.1, -0.05) is 12.8 Å². The number of nitrogens with zero attached hydrogens (tertiary/aromatic N) is 1. The molecule has 1 aromatic rings. The molecule has 0 heterocycles. The van der Waals surface area contributed by atoms with E-state index in [0.29, 0.717) is 11.7 Å². The highest BCUT2D eigenvalue weighted by atomic mass is 16.5. The van der Waals surface area contributed by atoms with Crippen molar-refractivity contribution in [3.63, 3.8) is 0 Å². The van der Waals surface area contributed by atoms with Crippen molar-refractivity contribution >= 4 is 11.8 Å². The third-order valence-corrected chi connectivity index (χ3v) is 3.69. The smallest absolute Gasteiger partial charge is 0.410 e. The number of rotatable bonds is 3. The van der Waals surface area contributed by atoms with Gasteiger partial charge in [-0.3, -0.25) is 0 Å². The molecule has 0 aliphatic heterocycles. The SMILES string of the molecule is CNC(=O)Oc1ccc(N(C)C)c(C2CCCC2)c1. The van der Waals surface area contributed by atoms with Gasteiger partial charge in [0.15, 0.2) is 0 Å². The van der Waals surface area contributed by atoms with E-state index in [1.165, 1.54) is 36.9 Å². The number of carbonyl (C=O) groups is 1. The Labute approximate surface area is 114 Å². The van der Waals surface area contributed by atoms with Crippen LogP contribution in [-0.4, -0.2) is 27.2 Å². The van der Waals surface area contributed by atoms with E-state index >= 15 is 0 Å². The van der Waals surface area contributed by atoms with Crippen LogP contribution in [0, 0.1) is 0 Å². The highest BCUT2D eigenvalue weighted by Gasteiger charge is 2.21. The Morgan fingerprint density at radius 1 is 1.32 bits per heavy atom. The van der Waals surface area contributed by atoms with Gasteiger partial charge in [-0.15, -0.1) is 0 Å². The van der Waals surface area contributed by atoms with E-state index in [1.54, 1.807) is 7.05 Å². The van der Waals surface area contributed by atoms with E-state index < -0.39 is 6.09 Å². The summed E-state index contributed by atoms with van der Waals surface area (Å²) in [5.41, 5.74) is 2.51. The highest BCUT2D eigenvalue weighted by Crippen LogP contribution is 2.40. The molecule has 0 aromatic heterocycles. The molecule has 104 valence electrons. The fraction of sp³-hybridized carbons (Fsp3) is 0.533. The third-order valence-electron chi connectivity index (χ3n) is 3.69. The van der Waals surface area contributed by atoms with Crippen LogP contribution in [0.4, 0.5) is 10.5 Å². The van der Waals surface area contributed by atoms with E-state index in [1.807, 2.05) is 32.3 Å². The Morgan fingerprint density at radius 2 is 2.00 bits per heavy atom. The van der Waals surface area contributed by atoms with Crippen LogP contribution in [0.5, 0.6) is 5.75 Å². The third kappa shape index (κ3) is 3.19. The Balaban J connectivity index is 2.29. The van der Waals surface area contributed by atoms with Gasteiger partial charge in [-0.05, 0) is 42.5 Å². The standard InChI is InChI=1S/C15H22N2O2/c1-16-15(18)19-12-8-9-14(17(2)3)13(10-12)11-6-4-5-7-11/h8-11H,4-7H2,1-3H3,(H,16,18). The summed E-state index contributed by atoms with van der Waals surface area (Å²) in [5.74, 6) is 1.21. The molecule has 0 radical (unpaired) electrons. The van der Waals surface area contributed by atoms with Crippen LogP contribution in [0.15, 0.2) is 18.2 Å². The molecule has 0 bridgehead atoms. The zero-order chi connectivity index (χ0) is 13.8. The predicted octanol–water partition coefficient (Wildman–Crippen LogP) is 3.13. The summed E-state index contributed by atoms with van der Waals surface area (Å²) in [6.45, 7) is 0. The topological polar surface area (TPSA) is 41.6 Å². The van der Waals surface area contributed by atoms with Crippen molar-refractivity contribution in [1.82, 2.24) is 5.32 Å². The maximum Gasteiger partial charge on any atom is 0.412 e. The maximum absolute atomic E-state index is 11.3. The Kier molecular flexibility index (Phi) is 4.30. The van der Waals surface area contributed by atoms with Crippen molar-refractivity contribution < 1.29 is 9.53 Å². The van der Waals surface area contributed by atoms with E-state index in [4.69, 9.17) is 4.74 Å².